The van der Waals surface area contributed by atoms with Crippen molar-refractivity contribution in [1.82, 2.24) is 0 Å². The Kier molecular flexibility index (Phi) is 33.9. The van der Waals surface area contributed by atoms with E-state index in [0.717, 1.165) is 96.3 Å². The molecular weight excluding hydrogens is 689 g/mol. The second-order valence-corrected chi connectivity index (χ2v) is 16.0. The van der Waals surface area contributed by atoms with Crippen LogP contribution in [0.4, 0.5) is 0 Å². The monoisotopic (exact) mass is 766 g/mol. The standard InChI is InChI=1S/C43H76NO8P/c1-6-8-10-12-14-16-18-20-22-24-26-28-30-32-34-36-43(46)52-41(40-51-53(47,48)50-38-37-44(3,4)5)39-49-42(45)35-33-31-29-27-25-23-21-19-17-15-13-11-9-7-2/h8,10,13-16,19-22,41H,6-7,9,11-12,17-18,23-40H2,1-5H3/b10-8-,15-13-,16-14-,21-19-,22-20-/t41-/m1/s1. The van der Waals surface area contributed by atoms with E-state index in [1.54, 1.807) is 0 Å². The molecule has 0 rings (SSSR count). The van der Waals surface area contributed by atoms with Crippen LogP contribution in [-0.2, 0) is 32.7 Å². The molecule has 2 atom stereocenters. The number of likely N-dealkylation sites (N-methyl/N-ethyl adjacent to an activating group) is 1. The molecule has 0 aliphatic carbocycles. The zero-order valence-electron chi connectivity index (χ0n) is 34.2. The Morgan fingerprint density at radius 2 is 1.08 bits per heavy atom. The summed E-state index contributed by atoms with van der Waals surface area (Å²) < 4.78 is 33.8. The van der Waals surface area contributed by atoms with Crippen LogP contribution < -0.4 is 4.89 Å². The lowest BCUT2D eigenvalue weighted by Crippen LogP contribution is -2.37. The molecule has 0 spiro atoms. The molecule has 0 saturated carbocycles. The summed E-state index contributed by atoms with van der Waals surface area (Å²) in [5, 5.41) is 0. The lowest BCUT2D eigenvalue weighted by molar-refractivity contribution is -0.870. The second kappa shape index (κ2) is 35.4. The van der Waals surface area contributed by atoms with Crippen molar-refractivity contribution in [1.29, 1.82) is 0 Å². The Morgan fingerprint density at radius 3 is 1.60 bits per heavy atom. The lowest BCUT2D eigenvalue weighted by Gasteiger charge is -2.28. The molecule has 0 aromatic carbocycles. The fourth-order valence-electron chi connectivity index (χ4n) is 5.04. The van der Waals surface area contributed by atoms with Crippen LogP contribution in [-0.4, -0.2) is 70.0 Å². The number of carbonyl (C=O) groups is 2. The van der Waals surface area contributed by atoms with Crippen molar-refractivity contribution in [2.24, 2.45) is 0 Å². The molecule has 0 fully saturated rings. The molecule has 1 unspecified atom stereocenters. The first-order valence-electron chi connectivity index (χ1n) is 20.5. The van der Waals surface area contributed by atoms with Crippen LogP contribution in [0.5, 0.6) is 0 Å². The molecule has 0 heterocycles. The second-order valence-electron chi connectivity index (χ2n) is 14.6. The highest BCUT2D eigenvalue weighted by Gasteiger charge is 2.21. The predicted molar refractivity (Wildman–Crippen MR) is 217 cm³/mol. The van der Waals surface area contributed by atoms with Gasteiger partial charge >= 0.3 is 11.9 Å². The van der Waals surface area contributed by atoms with Crippen LogP contribution >= 0.6 is 7.82 Å². The van der Waals surface area contributed by atoms with E-state index in [2.05, 4.69) is 74.6 Å². The number of unbranched alkanes of at least 4 members (excludes halogenated alkanes) is 12. The van der Waals surface area contributed by atoms with Gasteiger partial charge in [0.15, 0.2) is 6.10 Å². The molecule has 0 aliphatic heterocycles. The van der Waals surface area contributed by atoms with E-state index in [-0.39, 0.29) is 26.1 Å². The Balaban J connectivity index is 4.47. The Hall–Kier alpha value is -2.29. The average Bonchev–Trinajstić information content (AvgIpc) is 3.10. The molecule has 0 saturated heterocycles. The van der Waals surface area contributed by atoms with Gasteiger partial charge < -0.3 is 27.9 Å². The van der Waals surface area contributed by atoms with Crippen molar-refractivity contribution in [3.63, 3.8) is 0 Å². The summed E-state index contributed by atoms with van der Waals surface area (Å²) >= 11 is 0. The van der Waals surface area contributed by atoms with E-state index in [1.807, 2.05) is 21.1 Å². The predicted octanol–water partition coefficient (Wildman–Crippen LogP) is 10.7. The summed E-state index contributed by atoms with van der Waals surface area (Å²) in [6.45, 7) is 4.01. The molecule has 0 aromatic rings. The van der Waals surface area contributed by atoms with E-state index >= 15 is 0 Å². The fourth-order valence-corrected chi connectivity index (χ4v) is 5.76. The summed E-state index contributed by atoms with van der Waals surface area (Å²) in [6, 6.07) is 0. The number of rotatable bonds is 36. The van der Waals surface area contributed by atoms with Gasteiger partial charge in [-0.15, -0.1) is 0 Å². The third-order valence-electron chi connectivity index (χ3n) is 8.27. The maximum absolute atomic E-state index is 12.6. The van der Waals surface area contributed by atoms with Gasteiger partial charge in [-0.05, 0) is 70.6 Å². The first kappa shape index (κ1) is 50.7. The molecular formula is C43H76NO8P. The molecule has 0 N–H and O–H groups in total. The van der Waals surface area contributed by atoms with Crippen LogP contribution in [0.2, 0.25) is 0 Å². The highest BCUT2D eigenvalue weighted by Crippen LogP contribution is 2.38. The molecule has 306 valence electrons. The van der Waals surface area contributed by atoms with E-state index in [0.29, 0.717) is 23.9 Å². The lowest BCUT2D eigenvalue weighted by atomic mass is 10.1. The largest absolute Gasteiger partial charge is 0.756 e. The van der Waals surface area contributed by atoms with Gasteiger partial charge in [-0.25, -0.2) is 0 Å². The molecule has 9 nitrogen and oxygen atoms in total. The van der Waals surface area contributed by atoms with E-state index < -0.39 is 32.5 Å². The number of esters is 2. The van der Waals surface area contributed by atoms with Crippen LogP contribution in [0.15, 0.2) is 60.8 Å². The quantitative estimate of drug-likeness (QED) is 0.0204. The fraction of sp³-hybridized carbons (Fsp3) is 0.721. The minimum Gasteiger partial charge on any atom is -0.756 e. The maximum atomic E-state index is 12.6. The van der Waals surface area contributed by atoms with Gasteiger partial charge in [0.25, 0.3) is 7.82 Å². The number of quaternary nitrogens is 1. The van der Waals surface area contributed by atoms with Crippen molar-refractivity contribution in [3.05, 3.63) is 60.8 Å². The summed E-state index contributed by atoms with van der Waals surface area (Å²) in [4.78, 5) is 37.4. The van der Waals surface area contributed by atoms with Gasteiger partial charge in [0.1, 0.15) is 19.8 Å². The summed E-state index contributed by atoms with van der Waals surface area (Å²) in [5.74, 6) is -0.877. The van der Waals surface area contributed by atoms with Gasteiger partial charge in [-0.2, -0.15) is 0 Å². The van der Waals surface area contributed by atoms with Crippen LogP contribution in [0.25, 0.3) is 0 Å². The minimum atomic E-state index is -4.63. The third-order valence-corrected chi connectivity index (χ3v) is 9.24. The van der Waals surface area contributed by atoms with Crippen molar-refractivity contribution >= 4 is 19.8 Å². The van der Waals surface area contributed by atoms with E-state index in [1.165, 1.54) is 12.8 Å². The molecule has 0 bridgehead atoms. The number of carbonyl (C=O) groups excluding carboxylic acids is 2. The van der Waals surface area contributed by atoms with Gasteiger partial charge in [0.05, 0.1) is 27.7 Å². The first-order chi connectivity index (χ1) is 25.5. The highest BCUT2D eigenvalue weighted by molar-refractivity contribution is 7.45. The Morgan fingerprint density at radius 1 is 0.604 bits per heavy atom. The maximum Gasteiger partial charge on any atom is 0.306 e. The van der Waals surface area contributed by atoms with Crippen molar-refractivity contribution in [2.45, 2.75) is 155 Å². The van der Waals surface area contributed by atoms with Crippen LogP contribution in [0, 0.1) is 0 Å². The number of nitrogens with zero attached hydrogens (tertiary/aromatic N) is 1. The van der Waals surface area contributed by atoms with E-state index in [4.69, 9.17) is 18.5 Å². The average molecular weight is 766 g/mol. The Bertz CT molecular complexity index is 1090. The zero-order valence-corrected chi connectivity index (χ0v) is 35.1. The number of ether oxygens (including phenoxy) is 2. The van der Waals surface area contributed by atoms with E-state index in [9.17, 15) is 19.0 Å². The van der Waals surface area contributed by atoms with Gasteiger partial charge in [0, 0.05) is 12.8 Å². The van der Waals surface area contributed by atoms with Crippen molar-refractivity contribution in [3.8, 4) is 0 Å². The third kappa shape index (κ3) is 39.2. The topological polar surface area (TPSA) is 111 Å². The molecule has 53 heavy (non-hydrogen) atoms. The van der Waals surface area contributed by atoms with Crippen LogP contribution in [0.3, 0.4) is 0 Å². The molecule has 0 radical (unpaired) electrons. The first-order valence-corrected chi connectivity index (χ1v) is 22.0. The highest BCUT2D eigenvalue weighted by atomic mass is 31.2. The van der Waals surface area contributed by atoms with Gasteiger partial charge in [-0.1, -0.05) is 126 Å². The smallest absolute Gasteiger partial charge is 0.306 e. The number of phosphoric ester groups is 1. The summed E-state index contributed by atoms with van der Waals surface area (Å²) in [7, 11) is 1.13. The summed E-state index contributed by atoms with van der Waals surface area (Å²) in [5.41, 5.74) is 0. The van der Waals surface area contributed by atoms with Gasteiger partial charge in [0.2, 0.25) is 0 Å². The molecule has 0 aromatic heterocycles. The number of hydrogen-bond donors (Lipinski definition) is 0. The summed E-state index contributed by atoms with van der Waals surface area (Å²) in [6.07, 6.45) is 41.0. The SMILES string of the molecule is CC/C=C\C/C=C\C/C=C\CCCCCCCC(=O)O[C@H](COC(=O)CCCCCCC/C=C\C/C=C\CCCC)COP(=O)([O-])OCC[N+](C)(C)C. The number of phosphoric acid groups is 1. The normalized spacial score (nSPS) is 14.3. The number of hydrogen-bond acceptors (Lipinski definition) is 8. The van der Waals surface area contributed by atoms with Gasteiger partial charge in [-0.3, -0.25) is 14.2 Å². The Labute approximate surface area is 324 Å². The van der Waals surface area contributed by atoms with Crippen LogP contribution in [0.1, 0.15) is 149 Å². The van der Waals surface area contributed by atoms with Crippen molar-refractivity contribution < 1.29 is 42.1 Å². The zero-order chi connectivity index (χ0) is 39.3. The minimum absolute atomic E-state index is 0.0396. The number of allylic oxidation sites excluding steroid dienone is 10. The molecule has 10 heteroatoms. The molecule has 0 amide bonds. The molecule has 0 aliphatic rings. The van der Waals surface area contributed by atoms with Crippen molar-refractivity contribution in [2.75, 3.05) is 47.5 Å².